The van der Waals surface area contributed by atoms with Gasteiger partial charge in [0, 0.05) is 38.7 Å². The van der Waals surface area contributed by atoms with E-state index in [0.717, 1.165) is 26.2 Å². The lowest BCUT2D eigenvalue weighted by Gasteiger charge is -2.35. The second-order valence-corrected chi connectivity index (χ2v) is 7.80. The highest BCUT2D eigenvalue weighted by molar-refractivity contribution is 5.91. The van der Waals surface area contributed by atoms with Gasteiger partial charge < -0.3 is 20.1 Å². The van der Waals surface area contributed by atoms with E-state index in [9.17, 15) is 9.59 Å². The summed E-state index contributed by atoms with van der Waals surface area (Å²) < 4.78 is 4.95. The monoisotopic (exact) mass is 377 g/mol. The van der Waals surface area contributed by atoms with Crippen LogP contribution in [0.5, 0.6) is 0 Å². The van der Waals surface area contributed by atoms with Crippen LogP contribution in [0.2, 0.25) is 0 Å². The van der Waals surface area contributed by atoms with E-state index >= 15 is 0 Å². The molecule has 0 bridgehead atoms. The lowest BCUT2D eigenvalue weighted by atomic mass is 9.84. The van der Waals surface area contributed by atoms with E-state index < -0.39 is 0 Å². The number of aromatic nitrogens is 1. The summed E-state index contributed by atoms with van der Waals surface area (Å²) >= 11 is 0. The molecule has 2 amide bonds. The maximum atomic E-state index is 12.6. The van der Waals surface area contributed by atoms with Crippen LogP contribution in [0.25, 0.3) is 0 Å². The van der Waals surface area contributed by atoms with E-state index in [1.807, 2.05) is 4.90 Å². The smallest absolute Gasteiger partial charge is 0.239 e. The number of piperidine rings is 1. The third kappa shape index (κ3) is 5.77. The molecule has 2 N–H and O–H groups in total. The van der Waals surface area contributed by atoms with Crippen molar-refractivity contribution >= 4 is 17.6 Å². The summed E-state index contributed by atoms with van der Waals surface area (Å²) in [6.07, 6.45) is 2.97. The molecule has 1 aromatic heterocycles. The first-order chi connectivity index (χ1) is 13.0. The van der Waals surface area contributed by atoms with E-state index in [4.69, 9.17) is 4.52 Å². The molecule has 3 rings (SSSR count). The van der Waals surface area contributed by atoms with Crippen molar-refractivity contribution in [2.45, 2.75) is 33.1 Å². The van der Waals surface area contributed by atoms with Gasteiger partial charge >= 0.3 is 0 Å². The van der Waals surface area contributed by atoms with Gasteiger partial charge in [-0.1, -0.05) is 12.1 Å². The van der Waals surface area contributed by atoms with Gasteiger partial charge in [0.05, 0.1) is 6.54 Å². The summed E-state index contributed by atoms with van der Waals surface area (Å²) in [5.74, 6) is 2.34. The summed E-state index contributed by atoms with van der Waals surface area (Å²) in [7, 11) is 0. The molecular weight excluding hydrogens is 346 g/mol. The highest BCUT2D eigenvalue weighted by atomic mass is 16.5. The highest BCUT2D eigenvalue weighted by Crippen LogP contribution is 2.25. The first-order valence-corrected chi connectivity index (χ1v) is 9.95. The Hall–Kier alpha value is -1.93. The number of amides is 2. The summed E-state index contributed by atoms with van der Waals surface area (Å²) in [5.41, 5.74) is 0. The Bertz CT molecular complexity index is 633. The molecule has 0 aliphatic carbocycles. The minimum absolute atomic E-state index is 0.109. The molecule has 1 atom stereocenters. The number of anilines is 1. The van der Waals surface area contributed by atoms with Crippen molar-refractivity contribution < 1.29 is 14.1 Å². The average Bonchev–Trinajstić information content (AvgIpc) is 3.07. The number of carbonyl (C=O) groups is 2. The van der Waals surface area contributed by atoms with Gasteiger partial charge in [-0.25, -0.2) is 0 Å². The Morgan fingerprint density at radius 2 is 2.00 bits per heavy atom. The number of hydrogen-bond donors (Lipinski definition) is 2. The van der Waals surface area contributed by atoms with Gasteiger partial charge in [-0.3, -0.25) is 14.5 Å². The van der Waals surface area contributed by atoms with Crippen LogP contribution >= 0.6 is 0 Å². The topological polar surface area (TPSA) is 90.7 Å². The van der Waals surface area contributed by atoms with Crippen LogP contribution in [-0.2, 0) is 9.59 Å². The van der Waals surface area contributed by atoms with E-state index in [1.165, 1.54) is 12.8 Å². The predicted molar refractivity (Wildman–Crippen MR) is 102 cm³/mol. The van der Waals surface area contributed by atoms with Gasteiger partial charge in [0.15, 0.2) is 5.82 Å². The number of nitrogens with one attached hydrogen (secondary N) is 2. The van der Waals surface area contributed by atoms with Crippen molar-refractivity contribution in [1.82, 2.24) is 20.3 Å². The molecule has 1 aromatic rings. The molecule has 2 fully saturated rings. The molecule has 0 saturated carbocycles. The third-order valence-electron chi connectivity index (χ3n) is 5.67. The van der Waals surface area contributed by atoms with E-state index in [1.54, 1.807) is 13.0 Å². The fourth-order valence-corrected chi connectivity index (χ4v) is 3.95. The molecule has 8 heteroatoms. The summed E-state index contributed by atoms with van der Waals surface area (Å²) in [6.45, 7) is 9.25. The molecule has 3 heterocycles. The summed E-state index contributed by atoms with van der Waals surface area (Å²) in [6, 6.07) is 1.69. The summed E-state index contributed by atoms with van der Waals surface area (Å²) in [4.78, 5) is 28.7. The number of hydrogen-bond acceptors (Lipinski definition) is 6. The Morgan fingerprint density at radius 1 is 1.30 bits per heavy atom. The van der Waals surface area contributed by atoms with Crippen molar-refractivity contribution in [2.75, 3.05) is 51.1 Å². The molecule has 0 aromatic carbocycles. The zero-order chi connectivity index (χ0) is 19.2. The second-order valence-electron chi connectivity index (χ2n) is 7.80. The zero-order valence-corrected chi connectivity index (χ0v) is 16.4. The lowest BCUT2D eigenvalue weighted by Crippen LogP contribution is -2.50. The maximum absolute atomic E-state index is 12.6. The second kappa shape index (κ2) is 9.32. The molecule has 8 nitrogen and oxygen atoms in total. The van der Waals surface area contributed by atoms with Crippen molar-refractivity contribution in [2.24, 2.45) is 11.8 Å². The molecule has 2 aliphatic heterocycles. The van der Waals surface area contributed by atoms with Crippen molar-refractivity contribution in [1.29, 1.82) is 0 Å². The first-order valence-electron chi connectivity index (χ1n) is 9.95. The molecule has 1 unspecified atom stereocenters. The van der Waals surface area contributed by atoms with Gasteiger partial charge in [-0.15, -0.1) is 0 Å². The van der Waals surface area contributed by atoms with Crippen LogP contribution in [0.4, 0.5) is 5.82 Å². The van der Waals surface area contributed by atoms with E-state index in [-0.39, 0.29) is 11.8 Å². The predicted octanol–water partition coefficient (Wildman–Crippen LogP) is 1.09. The zero-order valence-electron chi connectivity index (χ0n) is 16.4. The number of carbonyl (C=O) groups excluding carboxylic acids is 2. The third-order valence-corrected chi connectivity index (χ3v) is 5.67. The molecular formula is C19H31N5O3. The molecule has 27 heavy (non-hydrogen) atoms. The number of piperazine rings is 1. The number of nitrogens with zero attached hydrogens (tertiary/aromatic N) is 3. The fourth-order valence-electron chi connectivity index (χ4n) is 3.95. The van der Waals surface area contributed by atoms with Gasteiger partial charge in [-0.05, 0) is 44.7 Å². The normalized spacial score (nSPS) is 20.4. The Labute approximate surface area is 160 Å². The number of rotatable bonds is 6. The van der Waals surface area contributed by atoms with Gasteiger partial charge in [0.2, 0.25) is 11.8 Å². The van der Waals surface area contributed by atoms with Crippen LogP contribution in [0.3, 0.4) is 0 Å². The van der Waals surface area contributed by atoms with E-state index in [2.05, 4.69) is 27.6 Å². The van der Waals surface area contributed by atoms with Crippen molar-refractivity contribution in [3.05, 3.63) is 11.8 Å². The van der Waals surface area contributed by atoms with Crippen molar-refractivity contribution in [3.8, 4) is 0 Å². The maximum Gasteiger partial charge on any atom is 0.239 e. The quantitative estimate of drug-likeness (QED) is 0.771. The molecule has 2 aliphatic rings. The van der Waals surface area contributed by atoms with Gasteiger partial charge in [0.25, 0.3) is 0 Å². The van der Waals surface area contributed by atoms with Crippen LogP contribution in [0, 0.1) is 18.8 Å². The summed E-state index contributed by atoms with van der Waals surface area (Å²) in [5, 5.41) is 9.88. The SMILES string of the molecule is Cc1cc(NC(=O)CN2CCN(C(=O)CC(C)C3CCNCC3)CC2)no1. The van der Waals surface area contributed by atoms with Crippen LogP contribution in [0.1, 0.15) is 31.9 Å². The van der Waals surface area contributed by atoms with Crippen LogP contribution < -0.4 is 10.6 Å². The number of aryl methyl sites for hydroxylation is 1. The van der Waals surface area contributed by atoms with Crippen molar-refractivity contribution in [3.63, 3.8) is 0 Å². The molecule has 0 spiro atoms. The largest absolute Gasteiger partial charge is 0.360 e. The Kier molecular flexibility index (Phi) is 6.84. The standard InChI is InChI=1S/C19H31N5O3/c1-14(16-3-5-20-6-4-16)11-19(26)24-9-7-23(8-10-24)13-18(25)21-17-12-15(2)27-22-17/h12,14,16,20H,3-11,13H2,1-2H3,(H,21,22,25). The Morgan fingerprint density at radius 3 is 2.63 bits per heavy atom. The molecule has 2 saturated heterocycles. The Balaban J connectivity index is 1.37. The van der Waals surface area contributed by atoms with Gasteiger partial charge in [-0.2, -0.15) is 0 Å². The fraction of sp³-hybridized carbons (Fsp3) is 0.737. The molecule has 0 radical (unpaired) electrons. The average molecular weight is 377 g/mol. The van der Waals surface area contributed by atoms with Gasteiger partial charge in [0.1, 0.15) is 5.76 Å². The minimum atomic E-state index is -0.109. The lowest BCUT2D eigenvalue weighted by molar-refractivity contribution is -0.134. The molecule has 150 valence electrons. The van der Waals surface area contributed by atoms with Crippen LogP contribution in [-0.4, -0.2) is 72.6 Å². The van der Waals surface area contributed by atoms with Crippen LogP contribution in [0.15, 0.2) is 10.6 Å². The minimum Gasteiger partial charge on any atom is -0.360 e. The van der Waals surface area contributed by atoms with E-state index in [0.29, 0.717) is 49.5 Å². The first kappa shape index (κ1) is 19.8. The highest BCUT2D eigenvalue weighted by Gasteiger charge is 2.27.